The number of amides is 1. The summed E-state index contributed by atoms with van der Waals surface area (Å²) in [5.74, 6) is -1.63. The zero-order valence-electron chi connectivity index (χ0n) is 10.3. The normalized spacial score (nSPS) is 10.0. The number of halogens is 1. The lowest BCUT2D eigenvalue weighted by Gasteiger charge is -2.11. The summed E-state index contributed by atoms with van der Waals surface area (Å²) in [5, 5.41) is 10.7. The highest BCUT2D eigenvalue weighted by Crippen LogP contribution is 2.32. The van der Waals surface area contributed by atoms with Crippen molar-refractivity contribution in [3.63, 3.8) is 0 Å². The van der Waals surface area contributed by atoms with Crippen LogP contribution in [0.5, 0.6) is 5.75 Å². The van der Waals surface area contributed by atoms with Crippen LogP contribution in [0.15, 0.2) is 12.1 Å². The summed E-state index contributed by atoms with van der Waals surface area (Å²) in [4.78, 5) is 22.7. The maximum absolute atomic E-state index is 13.9. The predicted octanol–water partition coefficient (Wildman–Crippen LogP) is 1.37. The average molecular weight is 256 g/mol. The molecule has 18 heavy (non-hydrogen) atoms. The van der Waals surface area contributed by atoms with Crippen LogP contribution >= 0.6 is 0 Å². The molecule has 1 aromatic carbocycles. The van der Waals surface area contributed by atoms with E-state index in [1.165, 1.54) is 11.0 Å². The minimum Gasteiger partial charge on any atom is -0.488 e. The molecule has 98 valence electrons. The van der Waals surface area contributed by atoms with Crippen LogP contribution in [0.2, 0.25) is 0 Å². The number of nitrogens with zero attached hydrogens (tertiary/aromatic N) is 2. The Morgan fingerprint density at radius 1 is 1.50 bits per heavy atom. The first kappa shape index (κ1) is 13.9. The molecular formula is C11H13FN2O4. The van der Waals surface area contributed by atoms with Crippen molar-refractivity contribution in [3.05, 3.63) is 33.6 Å². The first-order chi connectivity index (χ1) is 8.38. The van der Waals surface area contributed by atoms with Gasteiger partial charge in [0.15, 0.2) is 5.82 Å². The molecule has 1 amide bonds. The summed E-state index contributed by atoms with van der Waals surface area (Å²) in [6.07, 6.45) is -0.173. The summed E-state index contributed by atoms with van der Waals surface area (Å²) in [5.41, 5.74) is -0.396. The molecule has 0 heterocycles. The lowest BCUT2D eigenvalue weighted by atomic mass is 10.1. The van der Waals surface area contributed by atoms with Crippen LogP contribution in [0.3, 0.4) is 0 Å². The van der Waals surface area contributed by atoms with Crippen LogP contribution < -0.4 is 4.74 Å². The Kier molecular flexibility index (Phi) is 4.19. The van der Waals surface area contributed by atoms with Crippen molar-refractivity contribution in [2.24, 2.45) is 0 Å². The Labute approximate surface area is 103 Å². The SMILES string of the molecule is COc1c([N+](=O)[O-])ccc(CC(=O)N(C)C)c1F. The second kappa shape index (κ2) is 5.44. The average Bonchev–Trinajstić information content (AvgIpc) is 2.30. The van der Waals surface area contributed by atoms with Crippen LogP contribution in [-0.2, 0) is 11.2 Å². The number of benzene rings is 1. The van der Waals surface area contributed by atoms with Gasteiger partial charge in [0.1, 0.15) is 0 Å². The molecule has 0 aliphatic rings. The third-order valence-corrected chi connectivity index (χ3v) is 2.40. The van der Waals surface area contributed by atoms with Crippen molar-refractivity contribution in [1.82, 2.24) is 4.90 Å². The molecule has 6 nitrogen and oxygen atoms in total. The Morgan fingerprint density at radius 2 is 2.11 bits per heavy atom. The van der Waals surface area contributed by atoms with Crippen molar-refractivity contribution < 1.29 is 18.8 Å². The summed E-state index contributed by atoms with van der Waals surface area (Å²) in [6.45, 7) is 0. The van der Waals surface area contributed by atoms with Gasteiger partial charge < -0.3 is 9.64 Å². The molecule has 0 unspecified atom stereocenters. The number of nitro benzene ring substituents is 1. The van der Waals surface area contributed by atoms with Gasteiger partial charge in [-0.2, -0.15) is 0 Å². The molecule has 0 aliphatic carbocycles. The topological polar surface area (TPSA) is 72.7 Å². The lowest BCUT2D eigenvalue weighted by molar-refractivity contribution is -0.386. The molecule has 0 spiro atoms. The minimum absolute atomic E-state index is 0.0659. The Morgan fingerprint density at radius 3 is 2.56 bits per heavy atom. The fourth-order valence-corrected chi connectivity index (χ4v) is 1.38. The first-order valence-electron chi connectivity index (χ1n) is 5.08. The molecule has 7 heteroatoms. The fraction of sp³-hybridized carbons (Fsp3) is 0.364. The molecule has 0 fully saturated rings. The van der Waals surface area contributed by atoms with E-state index in [0.29, 0.717) is 0 Å². The second-order valence-corrected chi connectivity index (χ2v) is 3.81. The Balaban J connectivity index is 3.17. The molecule has 1 aromatic rings. The monoisotopic (exact) mass is 256 g/mol. The number of rotatable bonds is 4. The Hall–Kier alpha value is -2.18. The zero-order valence-corrected chi connectivity index (χ0v) is 10.3. The van der Waals surface area contributed by atoms with Crippen molar-refractivity contribution >= 4 is 11.6 Å². The van der Waals surface area contributed by atoms with E-state index in [1.54, 1.807) is 14.1 Å². The summed E-state index contributed by atoms with van der Waals surface area (Å²) >= 11 is 0. The number of methoxy groups -OCH3 is 1. The van der Waals surface area contributed by atoms with Gasteiger partial charge in [-0.15, -0.1) is 0 Å². The number of hydrogen-bond donors (Lipinski definition) is 0. The van der Waals surface area contributed by atoms with Crippen LogP contribution in [0.1, 0.15) is 5.56 Å². The molecule has 1 rings (SSSR count). The third kappa shape index (κ3) is 2.73. The number of nitro groups is 1. The molecule has 0 aliphatic heterocycles. The van der Waals surface area contributed by atoms with Gasteiger partial charge in [-0.3, -0.25) is 14.9 Å². The van der Waals surface area contributed by atoms with Gasteiger partial charge in [-0.05, 0) is 6.07 Å². The largest absolute Gasteiger partial charge is 0.488 e. The number of ether oxygens (including phenoxy) is 1. The van der Waals surface area contributed by atoms with E-state index >= 15 is 0 Å². The van der Waals surface area contributed by atoms with E-state index < -0.39 is 22.2 Å². The molecule has 0 N–H and O–H groups in total. The Bertz CT molecular complexity index is 488. The number of hydrogen-bond acceptors (Lipinski definition) is 4. The van der Waals surface area contributed by atoms with Crippen molar-refractivity contribution in [3.8, 4) is 5.75 Å². The van der Waals surface area contributed by atoms with Gasteiger partial charge in [0.05, 0.1) is 18.5 Å². The number of carbonyl (C=O) groups is 1. The minimum atomic E-state index is -0.873. The first-order valence-corrected chi connectivity index (χ1v) is 5.08. The molecule has 0 radical (unpaired) electrons. The highest BCUT2D eigenvalue weighted by Gasteiger charge is 2.23. The molecule has 0 atom stereocenters. The smallest absolute Gasteiger partial charge is 0.314 e. The van der Waals surface area contributed by atoms with Crippen LogP contribution in [0.25, 0.3) is 0 Å². The standard InChI is InChI=1S/C11H13FN2O4/c1-13(2)9(15)6-7-4-5-8(14(16)17)11(18-3)10(7)12/h4-5H,6H2,1-3H3. The van der Waals surface area contributed by atoms with Crippen LogP contribution in [0, 0.1) is 15.9 Å². The van der Waals surface area contributed by atoms with E-state index in [0.717, 1.165) is 13.2 Å². The second-order valence-electron chi connectivity index (χ2n) is 3.81. The van der Waals surface area contributed by atoms with Crippen molar-refractivity contribution in [1.29, 1.82) is 0 Å². The number of carbonyl (C=O) groups excluding carboxylic acids is 1. The maximum atomic E-state index is 13.9. The van der Waals surface area contributed by atoms with Gasteiger partial charge in [0.25, 0.3) is 0 Å². The van der Waals surface area contributed by atoms with E-state index in [4.69, 9.17) is 0 Å². The summed E-state index contributed by atoms with van der Waals surface area (Å²) in [7, 11) is 4.23. The summed E-state index contributed by atoms with van der Waals surface area (Å²) < 4.78 is 18.6. The summed E-state index contributed by atoms with van der Waals surface area (Å²) in [6, 6.07) is 2.34. The predicted molar refractivity (Wildman–Crippen MR) is 62.0 cm³/mol. The fourth-order valence-electron chi connectivity index (χ4n) is 1.38. The van der Waals surface area contributed by atoms with E-state index in [1.807, 2.05) is 0 Å². The van der Waals surface area contributed by atoms with E-state index in [2.05, 4.69) is 4.74 Å². The van der Waals surface area contributed by atoms with Gasteiger partial charge in [0, 0.05) is 25.7 Å². The van der Waals surface area contributed by atoms with Gasteiger partial charge in [-0.25, -0.2) is 4.39 Å². The van der Waals surface area contributed by atoms with Crippen LogP contribution in [-0.4, -0.2) is 36.9 Å². The molecule has 0 saturated carbocycles. The van der Waals surface area contributed by atoms with E-state index in [-0.39, 0.29) is 17.9 Å². The lowest BCUT2D eigenvalue weighted by Crippen LogP contribution is -2.24. The highest BCUT2D eigenvalue weighted by atomic mass is 19.1. The van der Waals surface area contributed by atoms with E-state index in [9.17, 15) is 19.3 Å². The highest BCUT2D eigenvalue weighted by molar-refractivity contribution is 5.78. The number of likely N-dealkylation sites (N-methyl/N-ethyl adjacent to an activating group) is 1. The van der Waals surface area contributed by atoms with Gasteiger partial charge >= 0.3 is 5.69 Å². The third-order valence-electron chi connectivity index (χ3n) is 2.40. The van der Waals surface area contributed by atoms with Crippen LogP contribution in [0.4, 0.5) is 10.1 Å². The zero-order chi connectivity index (χ0) is 13.9. The molecule has 0 bridgehead atoms. The molecule has 0 aromatic heterocycles. The quantitative estimate of drug-likeness (QED) is 0.602. The van der Waals surface area contributed by atoms with Crippen molar-refractivity contribution in [2.75, 3.05) is 21.2 Å². The maximum Gasteiger partial charge on any atom is 0.314 e. The molecule has 0 saturated heterocycles. The van der Waals surface area contributed by atoms with Crippen molar-refractivity contribution in [2.45, 2.75) is 6.42 Å². The van der Waals surface area contributed by atoms with Gasteiger partial charge in [0.2, 0.25) is 11.7 Å². The van der Waals surface area contributed by atoms with Gasteiger partial charge in [-0.1, -0.05) is 0 Å². The molecular weight excluding hydrogens is 243 g/mol.